The maximum atomic E-state index is 10.3. The summed E-state index contributed by atoms with van der Waals surface area (Å²) in [6, 6.07) is -0.870. The van der Waals surface area contributed by atoms with Gasteiger partial charge in [0.1, 0.15) is 6.04 Å². The van der Waals surface area contributed by atoms with E-state index in [-0.39, 0.29) is 6.61 Å². The molecule has 0 aliphatic heterocycles. The number of hydrogen-bond acceptors (Lipinski definition) is 3. The molecular formula is C8H15NO3. The smallest absolute Gasteiger partial charge is 0.322 e. The Morgan fingerprint density at radius 2 is 2.33 bits per heavy atom. The third kappa shape index (κ3) is 2.79. The number of rotatable bonds is 5. The second-order valence-electron chi connectivity index (χ2n) is 3.28. The third-order valence-electron chi connectivity index (χ3n) is 2.19. The number of carboxylic acids is 1. The molecular weight excluding hydrogens is 158 g/mol. The van der Waals surface area contributed by atoms with E-state index < -0.39 is 12.0 Å². The molecule has 1 rings (SSSR count). The van der Waals surface area contributed by atoms with Crippen LogP contribution in [0.1, 0.15) is 19.3 Å². The molecule has 12 heavy (non-hydrogen) atoms. The highest BCUT2D eigenvalue weighted by Crippen LogP contribution is 2.26. The maximum Gasteiger partial charge on any atom is 0.322 e. The van der Waals surface area contributed by atoms with Gasteiger partial charge in [0.15, 0.2) is 0 Å². The molecule has 70 valence electrons. The highest BCUT2D eigenvalue weighted by atomic mass is 16.5. The predicted molar refractivity (Wildman–Crippen MR) is 43.8 cm³/mol. The summed E-state index contributed by atoms with van der Waals surface area (Å²) in [7, 11) is 0. The SMILES string of the molecule is NC(COCC1CCC1)C(=O)O. The van der Waals surface area contributed by atoms with Gasteiger partial charge in [0.05, 0.1) is 6.61 Å². The van der Waals surface area contributed by atoms with Gasteiger partial charge >= 0.3 is 5.97 Å². The van der Waals surface area contributed by atoms with Crippen LogP contribution in [0.4, 0.5) is 0 Å². The molecule has 0 radical (unpaired) electrons. The van der Waals surface area contributed by atoms with Crippen molar-refractivity contribution in [2.75, 3.05) is 13.2 Å². The molecule has 1 unspecified atom stereocenters. The summed E-state index contributed by atoms with van der Waals surface area (Å²) in [5, 5.41) is 8.41. The first-order valence-corrected chi connectivity index (χ1v) is 4.26. The summed E-state index contributed by atoms with van der Waals surface area (Å²) in [6.07, 6.45) is 3.70. The van der Waals surface area contributed by atoms with Gasteiger partial charge in [0.25, 0.3) is 0 Å². The fraction of sp³-hybridized carbons (Fsp3) is 0.875. The van der Waals surface area contributed by atoms with Crippen molar-refractivity contribution in [3.8, 4) is 0 Å². The summed E-state index contributed by atoms with van der Waals surface area (Å²) < 4.78 is 5.15. The fourth-order valence-corrected chi connectivity index (χ4v) is 1.09. The average molecular weight is 173 g/mol. The molecule has 0 aromatic carbocycles. The minimum Gasteiger partial charge on any atom is -0.480 e. The van der Waals surface area contributed by atoms with Gasteiger partial charge in [0.2, 0.25) is 0 Å². The van der Waals surface area contributed by atoms with Crippen LogP contribution in [0.15, 0.2) is 0 Å². The standard InChI is InChI=1S/C8H15NO3/c9-7(8(10)11)5-12-4-6-2-1-3-6/h6-7H,1-5,9H2,(H,10,11). The van der Waals surface area contributed by atoms with Crippen LogP contribution in [0, 0.1) is 5.92 Å². The number of nitrogens with two attached hydrogens (primary N) is 1. The minimum atomic E-state index is -0.997. The second kappa shape index (κ2) is 4.42. The lowest BCUT2D eigenvalue weighted by molar-refractivity contribution is -0.140. The Labute approximate surface area is 71.7 Å². The lowest BCUT2D eigenvalue weighted by Gasteiger charge is -2.25. The molecule has 1 saturated carbocycles. The molecule has 0 heterocycles. The van der Waals surface area contributed by atoms with Crippen molar-refractivity contribution in [3.63, 3.8) is 0 Å². The van der Waals surface area contributed by atoms with Crippen molar-refractivity contribution in [2.24, 2.45) is 11.7 Å². The van der Waals surface area contributed by atoms with Crippen LogP contribution in [0.2, 0.25) is 0 Å². The molecule has 1 aliphatic carbocycles. The fourth-order valence-electron chi connectivity index (χ4n) is 1.09. The predicted octanol–water partition coefficient (Wildman–Crippen LogP) is 0.215. The molecule has 0 bridgehead atoms. The average Bonchev–Trinajstić information content (AvgIpc) is 1.93. The normalized spacial score (nSPS) is 20.1. The third-order valence-corrected chi connectivity index (χ3v) is 2.19. The van der Waals surface area contributed by atoms with Gasteiger partial charge in [-0.15, -0.1) is 0 Å². The first-order valence-electron chi connectivity index (χ1n) is 4.26. The lowest BCUT2D eigenvalue weighted by Crippen LogP contribution is -2.35. The first-order chi connectivity index (χ1) is 5.70. The summed E-state index contributed by atoms with van der Waals surface area (Å²) in [4.78, 5) is 10.3. The summed E-state index contributed by atoms with van der Waals surface area (Å²) >= 11 is 0. The zero-order chi connectivity index (χ0) is 8.97. The quantitative estimate of drug-likeness (QED) is 0.623. The van der Waals surface area contributed by atoms with Crippen LogP contribution < -0.4 is 5.73 Å². The second-order valence-corrected chi connectivity index (χ2v) is 3.28. The van der Waals surface area contributed by atoms with Crippen LogP contribution >= 0.6 is 0 Å². The zero-order valence-electron chi connectivity index (χ0n) is 7.03. The van der Waals surface area contributed by atoms with Crippen molar-refractivity contribution >= 4 is 5.97 Å². The number of carbonyl (C=O) groups is 1. The van der Waals surface area contributed by atoms with Gasteiger partial charge in [-0.3, -0.25) is 4.79 Å². The van der Waals surface area contributed by atoms with Gasteiger partial charge in [-0.1, -0.05) is 6.42 Å². The van der Waals surface area contributed by atoms with Crippen molar-refractivity contribution in [1.29, 1.82) is 0 Å². The van der Waals surface area contributed by atoms with Crippen LogP contribution in [-0.4, -0.2) is 30.3 Å². The van der Waals surface area contributed by atoms with Crippen molar-refractivity contribution < 1.29 is 14.6 Å². The van der Waals surface area contributed by atoms with Crippen LogP contribution in [0.25, 0.3) is 0 Å². The van der Waals surface area contributed by atoms with Crippen LogP contribution in [0.5, 0.6) is 0 Å². The molecule has 3 N–H and O–H groups in total. The molecule has 1 aliphatic rings. The van der Waals surface area contributed by atoms with E-state index in [4.69, 9.17) is 15.6 Å². The van der Waals surface area contributed by atoms with Gasteiger partial charge in [-0.2, -0.15) is 0 Å². The molecule has 4 heteroatoms. The Kier molecular flexibility index (Phi) is 3.49. The van der Waals surface area contributed by atoms with E-state index in [2.05, 4.69) is 0 Å². The Morgan fingerprint density at radius 1 is 1.67 bits per heavy atom. The Morgan fingerprint density at radius 3 is 2.75 bits per heavy atom. The van der Waals surface area contributed by atoms with E-state index >= 15 is 0 Å². The van der Waals surface area contributed by atoms with Gasteiger partial charge in [-0.05, 0) is 18.8 Å². The number of hydrogen-bond donors (Lipinski definition) is 2. The topological polar surface area (TPSA) is 72.5 Å². The van der Waals surface area contributed by atoms with E-state index in [9.17, 15) is 4.79 Å². The molecule has 1 atom stereocenters. The minimum absolute atomic E-state index is 0.131. The summed E-state index contributed by atoms with van der Waals surface area (Å²) in [5.41, 5.74) is 5.24. The van der Waals surface area contributed by atoms with E-state index in [0.29, 0.717) is 12.5 Å². The number of carboxylic acid groups (broad SMARTS) is 1. The van der Waals surface area contributed by atoms with Crippen molar-refractivity contribution in [1.82, 2.24) is 0 Å². The zero-order valence-corrected chi connectivity index (χ0v) is 7.03. The van der Waals surface area contributed by atoms with E-state index in [1.165, 1.54) is 19.3 Å². The molecule has 0 saturated heterocycles. The first kappa shape index (κ1) is 9.48. The molecule has 1 fully saturated rings. The molecule has 0 spiro atoms. The van der Waals surface area contributed by atoms with Crippen LogP contribution in [-0.2, 0) is 9.53 Å². The highest BCUT2D eigenvalue weighted by molar-refractivity contribution is 5.73. The Hall–Kier alpha value is -0.610. The van der Waals surface area contributed by atoms with Crippen molar-refractivity contribution in [3.05, 3.63) is 0 Å². The van der Waals surface area contributed by atoms with Crippen molar-refractivity contribution in [2.45, 2.75) is 25.3 Å². The van der Waals surface area contributed by atoms with E-state index in [1.807, 2.05) is 0 Å². The van der Waals surface area contributed by atoms with Gasteiger partial charge in [-0.25, -0.2) is 0 Å². The molecule has 4 nitrogen and oxygen atoms in total. The van der Waals surface area contributed by atoms with Gasteiger partial charge in [0, 0.05) is 6.61 Å². The maximum absolute atomic E-state index is 10.3. The summed E-state index contributed by atoms with van der Waals surface area (Å²) in [6.45, 7) is 0.798. The monoisotopic (exact) mass is 173 g/mol. The molecule has 0 aromatic heterocycles. The van der Waals surface area contributed by atoms with Crippen LogP contribution in [0.3, 0.4) is 0 Å². The lowest BCUT2D eigenvalue weighted by atomic mass is 9.86. The number of ether oxygens (including phenoxy) is 1. The Balaban J connectivity index is 1.97. The largest absolute Gasteiger partial charge is 0.480 e. The number of aliphatic carboxylic acids is 1. The highest BCUT2D eigenvalue weighted by Gasteiger charge is 2.18. The molecule has 0 amide bonds. The van der Waals surface area contributed by atoms with E-state index in [1.54, 1.807) is 0 Å². The van der Waals surface area contributed by atoms with Gasteiger partial charge < -0.3 is 15.6 Å². The Bertz CT molecular complexity index is 156. The molecule has 0 aromatic rings. The van der Waals surface area contributed by atoms with E-state index in [0.717, 1.165) is 0 Å². The summed E-state index contributed by atoms with van der Waals surface area (Å²) in [5.74, 6) is -0.352.